The van der Waals surface area contributed by atoms with Crippen LogP contribution in [0.25, 0.3) is 0 Å². The third-order valence-corrected chi connectivity index (χ3v) is 8.87. The van der Waals surface area contributed by atoms with Gasteiger partial charge in [0.2, 0.25) is 0 Å². The molecule has 0 saturated heterocycles. The molecule has 0 spiro atoms. The van der Waals surface area contributed by atoms with E-state index in [0.29, 0.717) is 56.4 Å². The smallest absolute Gasteiger partial charge is 0.142 e. The summed E-state index contributed by atoms with van der Waals surface area (Å²) in [5.41, 5.74) is 5.46. The van der Waals surface area contributed by atoms with Crippen molar-refractivity contribution < 1.29 is 19.1 Å². The maximum absolute atomic E-state index is 15.1. The third kappa shape index (κ3) is 3.02. The van der Waals surface area contributed by atoms with Crippen LogP contribution in [0.4, 0.5) is 4.39 Å². The van der Waals surface area contributed by atoms with E-state index in [2.05, 4.69) is 19.0 Å². The highest BCUT2D eigenvalue weighted by Crippen LogP contribution is 2.65. The zero-order valence-electron chi connectivity index (χ0n) is 17.2. The minimum Gasteiger partial charge on any atom is -0.396 e. The van der Waals surface area contributed by atoms with Crippen molar-refractivity contribution in [3.63, 3.8) is 0 Å². The van der Waals surface area contributed by atoms with Crippen LogP contribution in [0, 0.1) is 34.5 Å². The van der Waals surface area contributed by atoms with Crippen LogP contribution in [-0.4, -0.2) is 42.0 Å². The number of rotatable bonds is 4. The Morgan fingerprint density at radius 3 is 2.71 bits per heavy atom. The van der Waals surface area contributed by atoms with E-state index in [0.717, 1.165) is 25.7 Å². The number of nitrogens with two attached hydrogens (primary N) is 1. The topological polar surface area (TPSA) is 84.9 Å². The number of alkyl halides is 1. The van der Waals surface area contributed by atoms with Crippen LogP contribution in [0.2, 0.25) is 0 Å². The fourth-order valence-corrected chi connectivity index (χ4v) is 7.22. The molecule has 4 aliphatic rings. The van der Waals surface area contributed by atoms with E-state index in [1.54, 1.807) is 0 Å². The van der Waals surface area contributed by atoms with E-state index in [-0.39, 0.29) is 34.6 Å². The number of carbonyl (C=O) groups excluding carboxylic acids is 1. The van der Waals surface area contributed by atoms with Gasteiger partial charge >= 0.3 is 0 Å². The van der Waals surface area contributed by atoms with Crippen LogP contribution in [0.15, 0.2) is 5.16 Å². The number of hydrogen-bond donors (Lipinski definition) is 2. The number of halogens is 1. The van der Waals surface area contributed by atoms with Crippen molar-refractivity contribution in [1.29, 1.82) is 0 Å². The lowest BCUT2D eigenvalue weighted by Gasteiger charge is -2.59. The van der Waals surface area contributed by atoms with Crippen molar-refractivity contribution in [3.05, 3.63) is 0 Å². The van der Waals surface area contributed by atoms with Crippen LogP contribution in [0.3, 0.4) is 0 Å². The average Bonchev–Trinajstić information content (AvgIpc) is 2.95. The summed E-state index contributed by atoms with van der Waals surface area (Å²) >= 11 is 0. The van der Waals surface area contributed by atoms with Gasteiger partial charge in [0.1, 0.15) is 18.6 Å². The fourth-order valence-electron chi connectivity index (χ4n) is 7.22. The number of oxime groups is 1. The van der Waals surface area contributed by atoms with Crippen molar-refractivity contribution in [2.24, 2.45) is 45.4 Å². The van der Waals surface area contributed by atoms with E-state index in [4.69, 9.17) is 10.6 Å². The Labute approximate surface area is 167 Å². The number of hydrogen-bond acceptors (Lipinski definition) is 5. The number of aliphatic hydroxyl groups is 1. The Kier molecular flexibility index (Phi) is 5.32. The van der Waals surface area contributed by atoms with Gasteiger partial charge in [-0.1, -0.05) is 19.0 Å². The lowest BCUT2D eigenvalue weighted by molar-refractivity contribution is -0.154. The van der Waals surface area contributed by atoms with Crippen molar-refractivity contribution in [3.8, 4) is 0 Å². The third-order valence-electron chi connectivity index (χ3n) is 8.87. The molecule has 0 aromatic heterocycles. The van der Waals surface area contributed by atoms with Crippen LogP contribution in [-0.2, 0) is 9.63 Å². The zero-order valence-corrected chi connectivity index (χ0v) is 17.2. The van der Waals surface area contributed by atoms with Crippen LogP contribution >= 0.6 is 0 Å². The number of carbonyl (C=O) groups is 1. The molecule has 4 fully saturated rings. The molecule has 0 aromatic carbocycles. The molecule has 0 bridgehead atoms. The van der Waals surface area contributed by atoms with E-state index < -0.39 is 6.17 Å². The van der Waals surface area contributed by atoms with E-state index >= 15 is 4.39 Å². The quantitative estimate of drug-likeness (QED) is 0.566. The molecule has 5 nitrogen and oxygen atoms in total. The van der Waals surface area contributed by atoms with E-state index in [1.165, 1.54) is 0 Å². The van der Waals surface area contributed by atoms with Crippen LogP contribution in [0.5, 0.6) is 0 Å². The molecule has 4 rings (SSSR count). The van der Waals surface area contributed by atoms with Crippen LogP contribution in [0.1, 0.15) is 65.2 Å². The molecule has 3 N–H and O–H groups in total. The Bertz CT molecular complexity index is 656. The van der Waals surface area contributed by atoms with Gasteiger partial charge in [0.25, 0.3) is 0 Å². The van der Waals surface area contributed by atoms with Crippen molar-refractivity contribution in [2.75, 3.05) is 13.2 Å². The maximum atomic E-state index is 15.1. The van der Waals surface area contributed by atoms with Gasteiger partial charge in [-0.25, -0.2) is 4.39 Å². The Morgan fingerprint density at radius 2 is 1.96 bits per heavy atom. The summed E-state index contributed by atoms with van der Waals surface area (Å²) in [6.07, 6.45) is 4.40. The average molecular weight is 395 g/mol. The van der Waals surface area contributed by atoms with Crippen LogP contribution < -0.4 is 5.73 Å². The molecule has 4 aliphatic carbocycles. The SMILES string of the molecule is C[C@]12CC[C@H]3[C@@H](CC(=O)C4C/C(=N\OCCCN)[C@H](F)C[C@@]43C)[C@@H]1CC[C@@H]2O. The second-order valence-electron chi connectivity index (χ2n) is 10.2. The first-order valence-electron chi connectivity index (χ1n) is 11.0. The number of ketones is 1. The Balaban J connectivity index is 1.56. The largest absolute Gasteiger partial charge is 0.396 e. The van der Waals surface area contributed by atoms with Gasteiger partial charge in [0.05, 0.1) is 11.8 Å². The molecule has 8 atom stereocenters. The maximum Gasteiger partial charge on any atom is 0.142 e. The summed E-state index contributed by atoms with van der Waals surface area (Å²) in [5.74, 6) is 1.13. The standard InChI is InChI=1S/C22H35FN2O3/c1-21-7-6-15-13(14(21)4-5-20(21)27)10-19(26)16-11-18(25-28-9-3-8-24)17(23)12-22(15,16)2/h13-17,20,27H,3-12,24H2,1-2H3/b25-18+/t13-,14-,15-,16?,17+,20-,21-,22+/m0/s1. The molecule has 0 radical (unpaired) electrons. The summed E-state index contributed by atoms with van der Waals surface area (Å²) < 4.78 is 15.1. The van der Waals surface area contributed by atoms with Gasteiger partial charge in [-0.2, -0.15) is 0 Å². The van der Waals surface area contributed by atoms with Gasteiger partial charge in [-0.05, 0) is 73.7 Å². The number of nitrogens with zero attached hydrogens (tertiary/aromatic N) is 1. The minimum atomic E-state index is -1.15. The Hall–Kier alpha value is -1.01. The monoisotopic (exact) mass is 394 g/mol. The molecule has 0 aromatic rings. The number of fused-ring (bicyclic) bond motifs is 5. The summed E-state index contributed by atoms with van der Waals surface area (Å²) in [6, 6.07) is 0. The van der Waals surface area contributed by atoms with Gasteiger partial charge in [-0.15, -0.1) is 0 Å². The highest BCUT2D eigenvalue weighted by molar-refractivity contribution is 5.95. The number of Topliss-reactive ketones (excluding diaryl/α,β-unsaturated/α-hetero) is 1. The van der Waals surface area contributed by atoms with Gasteiger partial charge in [0, 0.05) is 18.8 Å². The lowest BCUT2D eigenvalue weighted by Crippen LogP contribution is -2.58. The molecular formula is C22H35FN2O3. The zero-order chi connectivity index (χ0) is 20.1. The molecule has 28 heavy (non-hydrogen) atoms. The predicted molar refractivity (Wildman–Crippen MR) is 105 cm³/mol. The fraction of sp³-hybridized carbons (Fsp3) is 0.909. The normalized spacial score (nSPS) is 49.5. The first-order chi connectivity index (χ1) is 13.3. The van der Waals surface area contributed by atoms with E-state index in [1.807, 2.05) is 0 Å². The van der Waals surface area contributed by atoms with E-state index in [9.17, 15) is 9.90 Å². The van der Waals surface area contributed by atoms with Crippen molar-refractivity contribution >= 4 is 11.5 Å². The molecule has 4 saturated carbocycles. The molecule has 1 unspecified atom stereocenters. The molecule has 6 heteroatoms. The molecule has 158 valence electrons. The van der Waals surface area contributed by atoms with Gasteiger partial charge in [0.15, 0.2) is 0 Å². The second kappa shape index (κ2) is 7.35. The molecular weight excluding hydrogens is 359 g/mol. The highest BCUT2D eigenvalue weighted by Gasteiger charge is 2.63. The highest BCUT2D eigenvalue weighted by atomic mass is 19.1. The first-order valence-corrected chi connectivity index (χ1v) is 11.0. The second-order valence-corrected chi connectivity index (χ2v) is 10.2. The Morgan fingerprint density at radius 1 is 1.21 bits per heavy atom. The minimum absolute atomic E-state index is 0.0716. The van der Waals surface area contributed by atoms with Crippen molar-refractivity contribution in [2.45, 2.75) is 77.5 Å². The summed E-state index contributed by atoms with van der Waals surface area (Å²) in [7, 11) is 0. The first kappa shape index (κ1) is 20.3. The summed E-state index contributed by atoms with van der Waals surface area (Å²) in [6.45, 7) is 5.24. The van der Waals surface area contributed by atoms with Gasteiger partial charge in [-0.3, -0.25) is 4.79 Å². The molecule has 0 aliphatic heterocycles. The van der Waals surface area contributed by atoms with Crippen molar-refractivity contribution in [1.82, 2.24) is 0 Å². The number of aliphatic hydroxyl groups excluding tert-OH is 1. The molecule has 0 heterocycles. The molecule has 0 amide bonds. The van der Waals surface area contributed by atoms with Gasteiger partial charge < -0.3 is 15.7 Å². The summed E-state index contributed by atoms with van der Waals surface area (Å²) in [4.78, 5) is 18.4. The summed E-state index contributed by atoms with van der Waals surface area (Å²) in [5, 5.41) is 14.6. The predicted octanol–water partition coefficient (Wildman–Crippen LogP) is 3.24. The lowest BCUT2D eigenvalue weighted by atomic mass is 9.44.